The molecule has 4 atom stereocenters. The van der Waals surface area contributed by atoms with Crippen LogP contribution < -0.4 is 5.32 Å². The molecule has 9 heteroatoms. The number of aromatic nitrogens is 3. The van der Waals surface area contributed by atoms with E-state index in [4.69, 9.17) is 4.74 Å². The third-order valence-electron chi connectivity index (χ3n) is 8.71. The van der Waals surface area contributed by atoms with Gasteiger partial charge in [0.1, 0.15) is 16.5 Å². The van der Waals surface area contributed by atoms with Gasteiger partial charge in [0.05, 0.1) is 13.2 Å². The molecule has 0 aromatic carbocycles. The topological polar surface area (TPSA) is 89.3 Å². The van der Waals surface area contributed by atoms with Crippen molar-refractivity contribution in [2.45, 2.75) is 109 Å². The Hall–Kier alpha value is -2.26. The summed E-state index contributed by atoms with van der Waals surface area (Å²) in [6, 6.07) is 5.28. The number of hydrogen-bond donors (Lipinski definition) is 1. The lowest BCUT2D eigenvalue weighted by Gasteiger charge is -2.40. The number of ether oxygens (including phenoxy) is 1. The minimum atomic E-state index is -0.317. The minimum absolute atomic E-state index is 0.0822. The molecule has 0 radical (unpaired) electrons. The van der Waals surface area contributed by atoms with E-state index >= 15 is 0 Å². The molecule has 1 saturated carbocycles. The Labute approximate surface area is 224 Å². The summed E-state index contributed by atoms with van der Waals surface area (Å²) in [6.45, 7) is 7.41. The highest BCUT2D eigenvalue weighted by molar-refractivity contribution is 7.14. The van der Waals surface area contributed by atoms with E-state index in [2.05, 4.69) is 45.8 Å². The molecule has 1 N–H and O–H groups in total. The molecule has 8 nitrogen and oxygen atoms in total. The van der Waals surface area contributed by atoms with Gasteiger partial charge in [0.2, 0.25) is 5.91 Å². The van der Waals surface area contributed by atoms with Crippen LogP contribution in [0.4, 0.5) is 0 Å². The van der Waals surface area contributed by atoms with Gasteiger partial charge < -0.3 is 14.6 Å². The van der Waals surface area contributed by atoms with Crippen molar-refractivity contribution in [1.29, 1.82) is 0 Å². The van der Waals surface area contributed by atoms with Crippen LogP contribution in [0.3, 0.4) is 0 Å². The lowest BCUT2D eigenvalue weighted by Crippen LogP contribution is -2.45. The highest BCUT2D eigenvalue weighted by Gasteiger charge is 2.42. The van der Waals surface area contributed by atoms with Crippen LogP contribution in [0.1, 0.15) is 116 Å². The van der Waals surface area contributed by atoms with Crippen molar-refractivity contribution < 1.29 is 14.3 Å². The predicted octanol–water partition coefficient (Wildman–Crippen LogP) is 5.16. The van der Waals surface area contributed by atoms with E-state index in [-0.39, 0.29) is 23.8 Å². The predicted molar refractivity (Wildman–Crippen MR) is 144 cm³/mol. The van der Waals surface area contributed by atoms with Crippen molar-refractivity contribution >= 4 is 23.2 Å². The van der Waals surface area contributed by atoms with Crippen molar-refractivity contribution in [3.63, 3.8) is 0 Å². The normalized spacial score (nSPS) is 25.1. The number of methoxy groups -OCH3 is 1. The number of hydrogen-bond acceptors (Lipinski definition) is 7. The quantitative estimate of drug-likeness (QED) is 0.453. The number of nitrogens with zero attached hydrogens (tertiary/aromatic N) is 4. The second kappa shape index (κ2) is 11.2. The summed E-state index contributed by atoms with van der Waals surface area (Å²) in [4.78, 5) is 29.5. The summed E-state index contributed by atoms with van der Waals surface area (Å²) < 4.78 is 7.32. The average Bonchev–Trinajstić information content (AvgIpc) is 3.68. The van der Waals surface area contributed by atoms with Crippen LogP contribution in [0, 0.1) is 12.8 Å². The Balaban J connectivity index is 1.28. The number of piperidine rings is 1. The largest absolute Gasteiger partial charge is 0.465 e. The van der Waals surface area contributed by atoms with E-state index < -0.39 is 0 Å². The van der Waals surface area contributed by atoms with Gasteiger partial charge in [-0.25, -0.2) is 4.79 Å². The number of fused-ring (bicyclic) bond motifs is 2. The van der Waals surface area contributed by atoms with Gasteiger partial charge in [-0.05, 0) is 64.0 Å². The van der Waals surface area contributed by atoms with Gasteiger partial charge in [-0.1, -0.05) is 26.7 Å². The number of thiophene rings is 1. The molecule has 2 saturated heterocycles. The second-order valence-corrected chi connectivity index (χ2v) is 12.5. The third-order valence-corrected chi connectivity index (χ3v) is 9.89. The summed E-state index contributed by atoms with van der Waals surface area (Å²) in [5.41, 5.74) is 0. The summed E-state index contributed by atoms with van der Waals surface area (Å²) in [6.07, 6.45) is 9.78. The van der Waals surface area contributed by atoms with E-state index in [0.29, 0.717) is 28.9 Å². The molecular formula is C28H41N5O3S. The van der Waals surface area contributed by atoms with Gasteiger partial charge in [-0.2, -0.15) is 0 Å². The molecule has 2 bridgehead atoms. The monoisotopic (exact) mass is 527 g/mol. The zero-order chi connectivity index (χ0) is 26.1. The molecular weight excluding hydrogens is 486 g/mol. The minimum Gasteiger partial charge on any atom is -0.465 e. The number of nitrogens with one attached hydrogen (secondary N) is 1. The van der Waals surface area contributed by atoms with Gasteiger partial charge >= 0.3 is 5.97 Å². The van der Waals surface area contributed by atoms with E-state index in [1.165, 1.54) is 31.3 Å². The Kier molecular flexibility index (Phi) is 8.00. The van der Waals surface area contributed by atoms with Gasteiger partial charge in [-0.3, -0.25) is 9.69 Å². The summed E-state index contributed by atoms with van der Waals surface area (Å²) in [7, 11) is 1.41. The molecule has 202 valence electrons. The van der Waals surface area contributed by atoms with Crippen LogP contribution in [0.15, 0.2) is 12.1 Å². The molecule has 5 rings (SSSR count). The number of carbonyl (C=O) groups is 2. The molecule has 2 aromatic heterocycles. The summed E-state index contributed by atoms with van der Waals surface area (Å²) in [5, 5.41) is 12.3. The van der Waals surface area contributed by atoms with Crippen molar-refractivity contribution in [1.82, 2.24) is 25.0 Å². The Bertz CT molecular complexity index is 1090. The lowest BCUT2D eigenvalue weighted by molar-refractivity contribution is -0.125. The molecule has 1 amide bonds. The summed E-state index contributed by atoms with van der Waals surface area (Å²) in [5.74, 6) is 2.46. The van der Waals surface area contributed by atoms with E-state index in [1.54, 1.807) is 0 Å². The Morgan fingerprint density at radius 3 is 2.43 bits per heavy atom. The van der Waals surface area contributed by atoms with Gasteiger partial charge in [0.15, 0.2) is 0 Å². The van der Waals surface area contributed by atoms with Crippen molar-refractivity contribution in [2.75, 3.05) is 13.7 Å². The zero-order valence-electron chi connectivity index (χ0n) is 22.6. The van der Waals surface area contributed by atoms with Crippen molar-refractivity contribution in [3.05, 3.63) is 33.5 Å². The Morgan fingerprint density at radius 2 is 1.78 bits per heavy atom. The Morgan fingerprint density at radius 1 is 1.08 bits per heavy atom. The first-order valence-corrected chi connectivity index (χ1v) is 14.8. The lowest BCUT2D eigenvalue weighted by atomic mass is 9.95. The van der Waals surface area contributed by atoms with E-state index in [1.807, 2.05) is 12.1 Å². The second-order valence-electron chi connectivity index (χ2n) is 11.4. The first kappa shape index (κ1) is 26.4. The molecule has 3 fully saturated rings. The molecule has 2 aliphatic heterocycles. The fourth-order valence-electron chi connectivity index (χ4n) is 6.84. The smallest absolute Gasteiger partial charge is 0.348 e. The maximum absolute atomic E-state index is 13.1. The molecule has 0 unspecified atom stereocenters. The number of aryl methyl sites for hydroxylation is 1. The zero-order valence-corrected chi connectivity index (χ0v) is 23.4. The van der Waals surface area contributed by atoms with Crippen LogP contribution in [0.5, 0.6) is 0 Å². The number of esters is 1. The summed E-state index contributed by atoms with van der Waals surface area (Å²) >= 11 is 1.44. The molecule has 3 aliphatic rings. The van der Waals surface area contributed by atoms with Crippen LogP contribution in [-0.2, 0) is 9.53 Å². The fourth-order valence-corrected chi connectivity index (χ4v) is 7.86. The number of rotatable bonds is 9. The van der Waals surface area contributed by atoms with Gasteiger partial charge in [0.25, 0.3) is 0 Å². The van der Waals surface area contributed by atoms with Crippen LogP contribution >= 0.6 is 11.3 Å². The van der Waals surface area contributed by atoms with Crippen LogP contribution in [0.2, 0.25) is 0 Å². The number of carbonyl (C=O) groups excluding carboxylic acids is 2. The SMILES string of the molecule is COC(=O)c1ccc([C@H](CCN2[C@@H]3CC[C@H]2C[C@H](n2c(C)nnc2C(C)C)C3)NC(=O)C2CCCC2)s1. The van der Waals surface area contributed by atoms with Crippen molar-refractivity contribution in [2.24, 2.45) is 5.92 Å². The number of amides is 1. The van der Waals surface area contributed by atoms with Gasteiger partial charge in [-0.15, -0.1) is 21.5 Å². The molecule has 2 aromatic rings. The highest BCUT2D eigenvalue weighted by Crippen LogP contribution is 2.42. The van der Waals surface area contributed by atoms with Crippen molar-refractivity contribution in [3.8, 4) is 0 Å². The maximum atomic E-state index is 13.1. The van der Waals surface area contributed by atoms with Crippen LogP contribution in [-0.4, -0.2) is 57.3 Å². The molecule has 1 aliphatic carbocycles. The first-order valence-electron chi connectivity index (χ1n) is 14.0. The maximum Gasteiger partial charge on any atom is 0.348 e. The van der Waals surface area contributed by atoms with E-state index in [9.17, 15) is 9.59 Å². The third kappa shape index (κ3) is 5.48. The standard InChI is InChI=1S/C28H41N5O3S/c1-17(2)26-31-30-18(3)33(26)22-15-20-9-10-21(16-22)32(20)14-13-23(29-27(34)19-7-5-6-8-19)24-11-12-25(37-24)28(35)36-4/h11-12,17,19-23H,5-10,13-16H2,1-4H3,(H,29,34)/t20-,21+,22-,23-/m0/s1. The molecule has 37 heavy (non-hydrogen) atoms. The average molecular weight is 528 g/mol. The molecule has 0 spiro atoms. The van der Waals surface area contributed by atoms with E-state index in [0.717, 1.165) is 68.0 Å². The first-order chi connectivity index (χ1) is 17.9. The highest BCUT2D eigenvalue weighted by atomic mass is 32.1. The van der Waals surface area contributed by atoms with Gasteiger partial charge in [0, 0.05) is 41.4 Å². The fraction of sp³-hybridized carbons (Fsp3) is 0.714. The van der Waals surface area contributed by atoms with Crippen LogP contribution in [0.25, 0.3) is 0 Å². The molecule has 4 heterocycles.